The van der Waals surface area contributed by atoms with E-state index in [9.17, 15) is 31.1 Å². The van der Waals surface area contributed by atoms with Gasteiger partial charge in [0.05, 0.1) is 24.2 Å². The molecule has 1 aliphatic rings. The van der Waals surface area contributed by atoms with E-state index in [1.165, 1.54) is 0 Å². The summed E-state index contributed by atoms with van der Waals surface area (Å²) < 4.78 is 92.0. The van der Waals surface area contributed by atoms with Gasteiger partial charge in [-0.05, 0) is 24.3 Å². The van der Waals surface area contributed by atoms with Crippen molar-refractivity contribution >= 4 is 22.8 Å². The lowest BCUT2D eigenvalue weighted by Crippen LogP contribution is -2.42. The fourth-order valence-corrected chi connectivity index (χ4v) is 3.70. The van der Waals surface area contributed by atoms with E-state index in [1.54, 1.807) is 0 Å². The highest BCUT2D eigenvalue weighted by Gasteiger charge is 2.37. The van der Waals surface area contributed by atoms with Gasteiger partial charge < -0.3 is 25.1 Å². The highest BCUT2D eigenvalue weighted by Crippen LogP contribution is 2.43. The Bertz CT molecular complexity index is 1220. The molecule has 0 bridgehead atoms. The first-order valence-electron chi connectivity index (χ1n) is 10.8. The lowest BCUT2D eigenvalue weighted by Gasteiger charge is -2.26. The number of carbonyl (C=O) groups excluding carboxylic acids is 1. The third-order valence-corrected chi connectivity index (χ3v) is 5.42. The summed E-state index contributed by atoms with van der Waals surface area (Å²) in [6.45, 7) is 3.44. The quantitative estimate of drug-likeness (QED) is 0.407. The number of amides is 2. The first kappa shape index (κ1) is 25.6. The second-order valence-electron chi connectivity index (χ2n) is 7.88. The van der Waals surface area contributed by atoms with Crippen LogP contribution in [0.3, 0.4) is 0 Å². The predicted octanol–water partition coefficient (Wildman–Crippen LogP) is 4.85. The summed E-state index contributed by atoms with van der Waals surface area (Å²) in [5.41, 5.74) is -2.76. The molecule has 1 saturated heterocycles. The average molecular weight is 517 g/mol. The van der Waals surface area contributed by atoms with E-state index in [4.69, 9.17) is 9.47 Å². The molecule has 0 spiro atoms. The molecule has 0 saturated carbocycles. The minimum atomic E-state index is -4.92. The van der Waals surface area contributed by atoms with Crippen molar-refractivity contribution in [3.63, 3.8) is 0 Å². The molecular weight excluding hydrogens is 496 g/mol. The van der Waals surface area contributed by atoms with Gasteiger partial charge in [0.2, 0.25) is 0 Å². The molecule has 14 heteroatoms. The monoisotopic (exact) mass is 517 g/mol. The first-order valence-corrected chi connectivity index (χ1v) is 10.8. The SMILES string of the molecule is O=C(NCCN1CCOCC1)Nc1ccc(Oc2ccnc3[nH]cc(C(F)(F)F)c23)c(C(F)(F)F)c1. The molecular formula is C22H21F6N5O3. The highest BCUT2D eigenvalue weighted by atomic mass is 19.4. The molecule has 2 aromatic heterocycles. The molecule has 1 aliphatic heterocycles. The number of alkyl halides is 6. The molecule has 8 nitrogen and oxygen atoms in total. The number of aromatic nitrogens is 2. The molecule has 1 aromatic carbocycles. The standard InChI is InChI=1S/C22H21F6N5O3/c23-21(24,25)14-11-13(32-20(34)30-5-6-33-7-9-35-10-8-33)1-2-16(14)36-17-3-4-29-19-18(17)15(12-31-19)22(26,27)28/h1-4,11-12H,5-10H2,(H,29,31)(H2,30,32,34). The van der Waals surface area contributed by atoms with Crippen molar-refractivity contribution < 1.29 is 40.6 Å². The van der Waals surface area contributed by atoms with Gasteiger partial charge in [0.1, 0.15) is 22.7 Å². The van der Waals surface area contributed by atoms with Crippen LogP contribution in [0.4, 0.5) is 36.8 Å². The van der Waals surface area contributed by atoms with E-state index >= 15 is 0 Å². The number of aromatic amines is 1. The molecule has 3 aromatic rings. The smallest absolute Gasteiger partial charge is 0.420 e. The molecule has 0 unspecified atom stereocenters. The van der Waals surface area contributed by atoms with Gasteiger partial charge in [0.15, 0.2) is 0 Å². The van der Waals surface area contributed by atoms with Crippen LogP contribution < -0.4 is 15.4 Å². The first-order chi connectivity index (χ1) is 17.0. The minimum Gasteiger partial charge on any atom is -0.456 e. The Balaban J connectivity index is 1.51. The Kier molecular flexibility index (Phi) is 7.26. The third kappa shape index (κ3) is 5.99. The van der Waals surface area contributed by atoms with Gasteiger partial charge in [0, 0.05) is 44.3 Å². The lowest BCUT2D eigenvalue weighted by atomic mass is 10.1. The van der Waals surface area contributed by atoms with Crippen LogP contribution in [-0.4, -0.2) is 60.3 Å². The number of hydrogen-bond donors (Lipinski definition) is 3. The zero-order chi connectivity index (χ0) is 25.9. The summed E-state index contributed by atoms with van der Waals surface area (Å²) in [5, 5.41) is 4.39. The number of nitrogens with zero attached hydrogens (tertiary/aromatic N) is 2. The van der Waals surface area contributed by atoms with Crippen molar-refractivity contribution in [2.45, 2.75) is 12.4 Å². The summed E-state index contributed by atoms with van der Waals surface area (Å²) in [4.78, 5) is 20.3. The molecule has 0 aliphatic carbocycles. The summed E-state index contributed by atoms with van der Waals surface area (Å²) in [5.74, 6) is -1.19. The maximum absolute atomic E-state index is 13.8. The Morgan fingerprint density at radius 2 is 1.78 bits per heavy atom. The number of carbonyl (C=O) groups is 1. The summed E-state index contributed by atoms with van der Waals surface area (Å²) in [6, 6.07) is 3.07. The average Bonchev–Trinajstić information content (AvgIpc) is 3.26. The van der Waals surface area contributed by atoms with Crippen LogP contribution in [-0.2, 0) is 17.1 Å². The van der Waals surface area contributed by atoms with Gasteiger partial charge in [-0.15, -0.1) is 0 Å². The number of halogens is 6. The maximum Gasteiger partial charge on any atom is 0.420 e. The Labute approximate surface area is 200 Å². The number of anilines is 1. The van der Waals surface area contributed by atoms with Crippen molar-refractivity contribution in [3.8, 4) is 11.5 Å². The number of benzene rings is 1. The van der Waals surface area contributed by atoms with E-state index in [-0.39, 0.29) is 17.9 Å². The highest BCUT2D eigenvalue weighted by molar-refractivity contribution is 5.90. The molecule has 0 atom stereocenters. The number of urea groups is 1. The zero-order valence-corrected chi connectivity index (χ0v) is 18.6. The second kappa shape index (κ2) is 10.2. The largest absolute Gasteiger partial charge is 0.456 e. The van der Waals surface area contributed by atoms with Crippen LogP contribution >= 0.6 is 0 Å². The Morgan fingerprint density at radius 3 is 2.47 bits per heavy atom. The lowest BCUT2D eigenvalue weighted by molar-refractivity contribution is -0.139. The third-order valence-electron chi connectivity index (χ3n) is 5.42. The van der Waals surface area contributed by atoms with E-state index in [0.29, 0.717) is 32.0 Å². The van der Waals surface area contributed by atoms with Crippen molar-refractivity contribution in [1.29, 1.82) is 0 Å². The van der Waals surface area contributed by atoms with Crippen LogP contribution in [0.25, 0.3) is 11.0 Å². The summed E-state index contributed by atoms with van der Waals surface area (Å²) in [7, 11) is 0. The summed E-state index contributed by atoms with van der Waals surface area (Å²) in [6.07, 6.45) is -7.93. The molecule has 3 heterocycles. The van der Waals surface area contributed by atoms with Gasteiger partial charge >= 0.3 is 18.4 Å². The maximum atomic E-state index is 13.8. The van der Waals surface area contributed by atoms with E-state index in [1.807, 2.05) is 0 Å². The van der Waals surface area contributed by atoms with E-state index in [2.05, 4.69) is 25.5 Å². The summed E-state index contributed by atoms with van der Waals surface area (Å²) >= 11 is 0. The normalized spacial score (nSPS) is 15.2. The number of fused-ring (bicyclic) bond motifs is 1. The van der Waals surface area contributed by atoms with Crippen LogP contribution in [0.1, 0.15) is 11.1 Å². The number of morpholine rings is 1. The van der Waals surface area contributed by atoms with Gasteiger partial charge in [-0.25, -0.2) is 9.78 Å². The molecule has 194 valence electrons. The van der Waals surface area contributed by atoms with Crippen molar-refractivity contribution in [2.75, 3.05) is 44.7 Å². The van der Waals surface area contributed by atoms with Gasteiger partial charge in [0.25, 0.3) is 0 Å². The van der Waals surface area contributed by atoms with Crippen LogP contribution in [0.2, 0.25) is 0 Å². The number of nitrogens with one attached hydrogen (secondary N) is 3. The topological polar surface area (TPSA) is 91.5 Å². The molecule has 4 rings (SSSR count). The van der Waals surface area contributed by atoms with Crippen LogP contribution in [0, 0.1) is 0 Å². The number of ether oxygens (including phenoxy) is 2. The Hall–Kier alpha value is -3.52. The number of pyridine rings is 1. The van der Waals surface area contributed by atoms with Gasteiger partial charge in [-0.1, -0.05) is 0 Å². The zero-order valence-electron chi connectivity index (χ0n) is 18.6. The second-order valence-corrected chi connectivity index (χ2v) is 7.88. The minimum absolute atomic E-state index is 0.170. The number of H-pyrrole nitrogens is 1. The Morgan fingerprint density at radius 1 is 1.06 bits per heavy atom. The molecule has 3 N–H and O–H groups in total. The van der Waals surface area contributed by atoms with Crippen molar-refractivity contribution in [2.24, 2.45) is 0 Å². The molecule has 0 radical (unpaired) electrons. The van der Waals surface area contributed by atoms with Crippen LogP contribution in [0.15, 0.2) is 36.7 Å². The molecule has 2 amide bonds. The van der Waals surface area contributed by atoms with Crippen molar-refractivity contribution in [1.82, 2.24) is 20.2 Å². The van der Waals surface area contributed by atoms with E-state index in [0.717, 1.165) is 37.5 Å². The molecule has 36 heavy (non-hydrogen) atoms. The van der Waals surface area contributed by atoms with Crippen molar-refractivity contribution in [3.05, 3.63) is 47.8 Å². The fourth-order valence-electron chi connectivity index (χ4n) is 3.70. The fraction of sp³-hybridized carbons (Fsp3) is 0.364. The predicted molar refractivity (Wildman–Crippen MR) is 117 cm³/mol. The number of hydrogen-bond acceptors (Lipinski definition) is 5. The number of rotatable bonds is 6. The van der Waals surface area contributed by atoms with Crippen LogP contribution in [0.5, 0.6) is 11.5 Å². The van der Waals surface area contributed by atoms with E-state index < -0.39 is 46.4 Å². The van der Waals surface area contributed by atoms with Gasteiger partial charge in [-0.2, -0.15) is 26.3 Å². The molecule has 1 fully saturated rings. The van der Waals surface area contributed by atoms with Gasteiger partial charge in [-0.3, -0.25) is 4.90 Å².